The Kier molecular flexibility index (Phi) is 5.99. The van der Waals surface area contributed by atoms with Gasteiger partial charge in [-0.25, -0.2) is 21.6 Å². The lowest BCUT2D eigenvalue weighted by Crippen LogP contribution is -2.38. The number of hydrogen-bond donors (Lipinski definition) is 1. The Bertz CT molecular complexity index is 659. The minimum absolute atomic E-state index is 0.0236. The summed E-state index contributed by atoms with van der Waals surface area (Å²) in [6, 6.07) is 6.81. The first-order chi connectivity index (χ1) is 9.15. The summed E-state index contributed by atoms with van der Waals surface area (Å²) >= 11 is 3.28. The van der Waals surface area contributed by atoms with Crippen molar-refractivity contribution in [3.05, 3.63) is 28.7 Å². The third-order valence-corrected chi connectivity index (χ3v) is 5.60. The molecule has 0 aliphatic heterocycles. The van der Waals surface area contributed by atoms with E-state index < -0.39 is 20.0 Å². The van der Waals surface area contributed by atoms with Gasteiger partial charge in [0.25, 0.3) is 0 Å². The molecule has 0 aromatic heterocycles. The molecule has 0 saturated heterocycles. The summed E-state index contributed by atoms with van der Waals surface area (Å²) < 4.78 is 50.5. The summed E-state index contributed by atoms with van der Waals surface area (Å²) in [6.45, 7) is 1.58. The van der Waals surface area contributed by atoms with E-state index in [4.69, 9.17) is 0 Å². The largest absolute Gasteiger partial charge is 0.269 e. The molecule has 0 fully saturated rings. The SMILES string of the molecule is CCS(=O)(=O)NCCN(c1cccc(Br)c1)S(C)(=O)=O. The topological polar surface area (TPSA) is 83.6 Å². The number of nitrogens with zero attached hydrogens (tertiary/aromatic N) is 1. The number of sulfonamides is 2. The van der Waals surface area contributed by atoms with Crippen LogP contribution in [0, 0.1) is 0 Å². The first kappa shape index (κ1) is 17.4. The van der Waals surface area contributed by atoms with Crippen LogP contribution in [-0.2, 0) is 20.0 Å². The molecule has 1 aromatic carbocycles. The first-order valence-corrected chi connectivity index (χ1v) is 10.2. The van der Waals surface area contributed by atoms with Gasteiger partial charge in [-0.05, 0) is 25.1 Å². The lowest BCUT2D eigenvalue weighted by molar-refractivity contribution is 0.579. The number of anilines is 1. The van der Waals surface area contributed by atoms with Crippen molar-refractivity contribution in [3.8, 4) is 0 Å². The van der Waals surface area contributed by atoms with Crippen LogP contribution >= 0.6 is 15.9 Å². The second kappa shape index (κ2) is 6.88. The minimum atomic E-state index is -3.48. The molecule has 0 unspecified atom stereocenters. The van der Waals surface area contributed by atoms with Gasteiger partial charge in [0.2, 0.25) is 20.0 Å². The second-order valence-corrected chi connectivity index (χ2v) is 9.03. The molecule has 0 saturated carbocycles. The fourth-order valence-electron chi connectivity index (χ4n) is 1.52. The van der Waals surface area contributed by atoms with E-state index in [0.29, 0.717) is 5.69 Å². The molecule has 0 bridgehead atoms. The van der Waals surface area contributed by atoms with E-state index in [9.17, 15) is 16.8 Å². The van der Waals surface area contributed by atoms with Gasteiger partial charge in [-0.2, -0.15) is 0 Å². The highest BCUT2D eigenvalue weighted by Gasteiger charge is 2.18. The maximum absolute atomic E-state index is 11.8. The molecule has 0 spiro atoms. The maximum atomic E-state index is 11.8. The van der Waals surface area contributed by atoms with Crippen molar-refractivity contribution in [2.75, 3.05) is 29.4 Å². The van der Waals surface area contributed by atoms with Gasteiger partial charge in [0, 0.05) is 17.6 Å². The summed E-state index contributed by atoms with van der Waals surface area (Å²) in [5, 5.41) is 0. The van der Waals surface area contributed by atoms with E-state index in [1.165, 1.54) is 6.92 Å². The van der Waals surface area contributed by atoms with Crippen molar-refractivity contribution < 1.29 is 16.8 Å². The monoisotopic (exact) mass is 384 g/mol. The molecule has 1 N–H and O–H groups in total. The van der Waals surface area contributed by atoms with Crippen LogP contribution in [0.25, 0.3) is 0 Å². The Hall–Kier alpha value is -0.640. The Morgan fingerprint density at radius 1 is 1.25 bits per heavy atom. The Labute approximate surface area is 128 Å². The lowest BCUT2D eigenvalue weighted by atomic mass is 10.3. The molecule has 1 aromatic rings. The molecule has 0 atom stereocenters. The van der Waals surface area contributed by atoms with Crippen molar-refractivity contribution in [2.45, 2.75) is 6.92 Å². The highest BCUT2D eigenvalue weighted by molar-refractivity contribution is 9.10. The van der Waals surface area contributed by atoms with Crippen molar-refractivity contribution in [3.63, 3.8) is 0 Å². The van der Waals surface area contributed by atoms with Gasteiger partial charge in [0.15, 0.2) is 0 Å². The number of rotatable bonds is 7. The molecule has 6 nitrogen and oxygen atoms in total. The van der Waals surface area contributed by atoms with Crippen LogP contribution in [0.15, 0.2) is 28.7 Å². The molecule has 1 rings (SSSR count). The summed E-state index contributed by atoms with van der Waals surface area (Å²) in [5.41, 5.74) is 0.484. The van der Waals surface area contributed by atoms with Gasteiger partial charge in [-0.3, -0.25) is 4.31 Å². The van der Waals surface area contributed by atoms with Crippen LogP contribution in [0.1, 0.15) is 6.92 Å². The summed E-state index contributed by atoms with van der Waals surface area (Å²) in [7, 11) is -6.81. The standard InChI is InChI=1S/C11H17BrN2O4S2/c1-3-20(17,18)13-7-8-14(19(2,15)16)11-6-4-5-10(12)9-11/h4-6,9,13H,3,7-8H2,1-2H3. The van der Waals surface area contributed by atoms with Crippen LogP contribution in [0.3, 0.4) is 0 Å². The normalized spacial score (nSPS) is 12.3. The van der Waals surface area contributed by atoms with Crippen molar-refractivity contribution >= 4 is 41.7 Å². The third kappa shape index (κ3) is 5.39. The quantitative estimate of drug-likeness (QED) is 0.764. The van der Waals surface area contributed by atoms with E-state index in [1.54, 1.807) is 24.3 Å². The average molecular weight is 385 g/mol. The van der Waals surface area contributed by atoms with Gasteiger partial charge in [0.1, 0.15) is 0 Å². The number of benzene rings is 1. The summed E-state index contributed by atoms with van der Waals surface area (Å²) in [5.74, 6) is -0.0389. The van der Waals surface area contributed by atoms with Crippen LogP contribution in [0.4, 0.5) is 5.69 Å². The van der Waals surface area contributed by atoms with Gasteiger partial charge in [0.05, 0.1) is 17.7 Å². The molecule has 0 aliphatic rings. The minimum Gasteiger partial charge on any atom is -0.269 e. The Morgan fingerprint density at radius 2 is 1.90 bits per heavy atom. The maximum Gasteiger partial charge on any atom is 0.232 e. The van der Waals surface area contributed by atoms with Gasteiger partial charge < -0.3 is 0 Å². The van der Waals surface area contributed by atoms with Crippen LogP contribution < -0.4 is 9.03 Å². The fourth-order valence-corrected chi connectivity index (χ4v) is 3.44. The van der Waals surface area contributed by atoms with Crippen LogP contribution in [0.5, 0.6) is 0 Å². The van der Waals surface area contributed by atoms with E-state index >= 15 is 0 Å². The zero-order valence-corrected chi connectivity index (χ0v) is 14.4. The molecular formula is C11H17BrN2O4S2. The van der Waals surface area contributed by atoms with Crippen molar-refractivity contribution in [2.24, 2.45) is 0 Å². The molecule has 114 valence electrons. The highest BCUT2D eigenvalue weighted by atomic mass is 79.9. The zero-order chi connectivity index (χ0) is 15.4. The molecule has 9 heteroatoms. The van der Waals surface area contributed by atoms with Crippen molar-refractivity contribution in [1.29, 1.82) is 0 Å². The number of hydrogen-bond acceptors (Lipinski definition) is 4. The van der Waals surface area contributed by atoms with Gasteiger partial charge in [-0.1, -0.05) is 22.0 Å². The number of halogens is 1. The van der Waals surface area contributed by atoms with Crippen LogP contribution in [-0.4, -0.2) is 41.9 Å². The van der Waals surface area contributed by atoms with E-state index in [-0.39, 0.29) is 18.8 Å². The highest BCUT2D eigenvalue weighted by Crippen LogP contribution is 2.21. The van der Waals surface area contributed by atoms with Crippen molar-refractivity contribution in [1.82, 2.24) is 4.72 Å². The molecule has 0 heterocycles. The third-order valence-electron chi connectivity index (χ3n) is 2.51. The summed E-state index contributed by atoms with van der Waals surface area (Å²) in [6.07, 6.45) is 1.09. The smallest absolute Gasteiger partial charge is 0.232 e. The molecule has 0 amide bonds. The van der Waals surface area contributed by atoms with Gasteiger partial charge in [-0.15, -0.1) is 0 Å². The average Bonchev–Trinajstić information content (AvgIpc) is 2.33. The molecular weight excluding hydrogens is 368 g/mol. The second-order valence-electron chi connectivity index (χ2n) is 4.11. The van der Waals surface area contributed by atoms with E-state index in [0.717, 1.165) is 15.0 Å². The van der Waals surface area contributed by atoms with Gasteiger partial charge >= 0.3 is 0 Å². The first-order valence-electron chi connectivity index (χ1n) is 5.86. The molecule has 0 aliphatic carbocycles. The Balaban J connectivity index is 2.88. The fraction of sp³-hybridized carbons (Fsp3) is 0.455. The lowest BCUT2D eigenvalue weighted by Gasteiger charge is -2.22. The predicted molar refractivity (Wildman–Crippen MR) is 83.8 cm³/mol. The van der Waals surface area contributed by atoms with Crippen LogP contribution in [0.2, 0.25) is 0 Å². The molecule has 0 radical (unpaired) electrons. The zero-order valence-electron chi connectivity index (χ0n) is 11.2. The summed E-state index contributed by atoms with van der Waals surface area (Å²) in [4.78, 5) is 0. The van der Waals surface area contributed by atoms with E-state index in [1.807, 2.05) is 0 Å². The Morgan fingerprint density at radius 3 is 2.40 bits per heavy atom. The predicted octanol–water partition coefficient (Wildman–Crippen LogP) is 1.15. The number of nitrogens with one attached hydrogen (secondary N) is 1. The molecule has 20 heavy (non-hydrogen) atoms. The van der Waals surface area contributed by atoms with E-state index in [2.05, 4.69) is 20.7 Å².